The fourth-order valence-electron chi connectivity index (χ4n) is 1.93. The summed E-state index contributed by atoms with van der Waals surface area (Å²) in [5, 5.41) is 19.2. The van der Waals surface area contributed by atoms with Gasteiger partial charge in [-0.1, -0.05) is 18.3 Å². The maximum atomic E-state index is 12.4. The zero-order chi connectivity index (χ0) is 14.0. The average molecular weight is 280 g/mol. The van der Waals surface area contributed by atoms with E-state index in [4.69, 9.17) is 18.0 Å². The van der Waals surface area contributed by atoms with Gasteiger partial charge in [-0.15, -0.1) is 0 Å². The quantitative estimate of drug-likeness (QED) is 0.560. The molecule has 6 heteroatoms. The number of amides is 1. The largest absolute Gasteiger partial charge is 0.504 e. The number of para-hydroxylation sites is 1. The van der Waals surface area contributed by atoms with Crippen molar-refractivity contribution >= 4 is 23.1 Å². The Bertz CT molecular complexity index is 515. The van der Waals surface area contributed by atoms with E-state index >= 15 is 0 Å². The molecule has 1 amide bonds. The Labute approximate surface area is 116 Å². The summed E-state index contributed by atoms with van der Waals surface area (Å²) in [4.78, 5) is 14.4. The Morgan fingerprint density at radius 3 is 2.68 bits per heavy atom. The molecule has 1 aliphatic rings. The van der Waals surface area contributed by atoms with Crippen LogP contribution < -0.4 is 5.73 Å². The van der Waals surface area contributed by atoms with Crippen molar-refractivity contribution in [1.29, 1.82) is 0 Å². The fraction of sp³-hybridized carbons (Fsp3) is 0.385. The normalized spacial score (nSPS) is 14.1. The molecular formula is C13H16N2O3S. The van der Waals surface area contributed by atoms with E-state index in [1.807, 2.05) is 0 Å². The van der Waals surface area contributed by atoms with Crippen LogP contribution in [0.15, 0.2) is 18.2 Å². The summed E-state index contributed by atoms with van der Waals surface area (Å²) in [6.45, 7) is 0.438. The highest BCUT2D eigenvalue weighted by atomic mass is 32.1. The number of rotatable bonds is 5. The number of benzene rings is 1. The number of nitrogens with zero attached hydrogens (tertiary/aromatic N) is 1. The van der Waals surface area contributed by atoms with Crippen molar-refractivity contribution in [3.8, 4) is 11.5 Å². The van der Waals surface area contributed by atoms with E-state index in [0.717, 1.165) is 12.8 Å². The lowest BCUT2D eigenvalue weighted by Gasteiger charge is -2.22. The van der Waals surface area contributed by atoms with Crippen molar-refractivity contribution in [3.63, 3.8) is 0 Å². The van der Waals surface area contributed by atoms with E-state index in [1.54, 1.807) is 4.90 Å². The van der Waals surface area contributed by atoms with Crippen LogP contribution in [0.4, 0.5) is 0 Å². The third-order valence-electron chi connectivity index (χ3n) is 3.09. The van der Waals surface area contributed by atoms with Gasteiger partial charge >= 0.3 is 0 Å². The third-order valence-corrected chi connectivity index (χ3v) is 3.30. The molecule has 1 fully saturated rings. The Morgan fingerprint density at radius 2 is 2.11 bits per heavy atom. The number of thiocarbonyl (C=S) groups is 1. The predicted molar refractivity (Wildman–Crippen MR) is 75.2 cm³/mol. The van der Waals surface area contributed by atoms with Crippen LogP contribution in [0.25, 0.3) is 0 Å². The molecule has 0 bridgehead atoms. The van der Waals surface area contributed by atoms with Gasteiger partial charge in [0.2, 0.25) is 0 Å². The maximum absolute atomic E-state index is 12.4. The molecule has 0 radical (unpaired) electrons. The summed E-state index contributed by atoms with van der Waals surface area (Å²) in [5.41, 5.74) is 5.56. The Morgan fingerprint density at radius 1 is 1.42 bits per heavy atom. The molecule has 1 aromatic carbocycles. The minimum absolute atomic E-state index is 0.106. The number of hydrogen-bond acceptors (Lipinski definition) is 4. The van der Waals surface area contributed by atoms with Crippen molar-refractivity contribution in [2.24, 2.45) is 5.73 Å². The summed E-state index contributed by atoms with van der Waals surface area (Å²) >= 11 is 4.82. The van der Waals surface area contributed by atoms with Gasteiger partial charge in [0.15, 0.2) is 11.5 Å². The zero-order valence-corrected chi connectivity index (χ0v) is 11.2. The number of carbonyl (C=O) groups is 1. The number of hydrogen-bond donors (Lipinski definition) is 3. The van der Waals surface area contributed by atoms with Gasteiger partial charge in [0.05, 0.1) is 10.6 Å². The monoisotopic (exact) mass is 280 g/mol. The molecule has 4 N–H and O–H groups in total. The van der Waals surface area contributed by atoms with Gasteiger partial charge in [0, 0.05) is 19.0 Å². The lowest BCUT2D eigenvalue weighted by Crippen LogP contribution is -2.35. The van der Waals surface area contributed by atoms with Crippen LogP contribution in [0.5, 0.6) is 11.5 Å². The van der Waals surface area contributed by atoms with Crippen LogP contribution in [-0.4, -0.2) is 38.6 Å². The van der Waals surface area contributed by atoms with Gasteiger partial charge in [-0.2, -0.15) is 0 Å². The van der Waals surface area contributed by atoms with E-state index in [-0.39, 0.29) is 29.0 Å². The highest BCUT2D eigenvalue weighted by molar-refractivity contribution is 7.80. The lowest BCUT2D eigenvalue weighted by molar-refractivity contribution is 0.0744. The first-order valence-corrected chi connectivity index (χ1v) is 6.51. The summed E-state index contributed by atoms with van der Waals surface area (Å²) in [6, 6.07) is 4.54. The van der Waals surface area contributed by atoms with Crippen molar-refractivity contribution in [3.05, 3.63) is 23.8 Å². The Kier molecular flexibility index (Phi) is 3.90. The highest BCUT2D eigenvalue weighted by Gasteiger charge is 2.34. The van der Waals surface area contributed by atoms with Gasteiger partial charge in [-0.25, -0.2) is 0 Å². The second-order valence-electron chi connectivity index (χ2n) is 4.62. The molecule has 0 aromatic heterocycles. The first kappa shape index (κ1) is 13.6. The Balaban J connectivity index is 2.19. The van der Waals surface area contributed by atoms with E-state index in [2.05, 4.69) is 0 Å². The molecule has 2 rings (SSSR count). The number of nitrogens with two attached hydrogens (primary N) is 1. The molecule has 0 heterocycles. The fourth-order valence-corrected chi connectivity index (χ4v) is 2.02. The molecule has 1 aromatic rings. The van der Waals surface area contributed by atoms with E-state index < -0.39 is 0 Å². The molecule has 0 saturated heterocycles. The molecule has 0 aliphatic heterocycles. The second kappa shape index (κ2) is 5.44. The summed E-state index contributed by atoms with van der Waals surface area (Å²) in [6.07, 6.45) is 2.35. The van der Waals surface area contributed by atoms with Crippen LogP contribution in [0, 0.1) is 0 Å². The van der Waals surface area contributed by atoms with E-state index in [1.165, 1.54) is 18.2 Å². The van der Waals surface area contributed by atoms with Gasteiger partial charge < -0.3 is 20.8 Å². The number of aromatic hydroxyl groups is 2. The summed E-state index contributed by atoms with van der Waals surface area (Å²) in [5.74, 6) is -0.975. The first-order chi connectivity index (χ1) is 9.00. The molecule has 19 heavy (non-hydrogen) atoms. The molecule has 0 spiro atoms. The standard InChI is InChI=1S/C13H16N2O3S/c14-11(19)6-7-15(8-4-5-8)13(18)9-2-1-3-10(16)12(9)17/h1-3,8,16-17H,4-7H2,(H2,14,19). The third kappa shape index (κ3) is 3.14. The van der Waals surface area contributed by atoms with Crippen LogP contribution in [-0.2, 0) is 0 Å². The topological polar surface area (TPSA) is 86.8 Å². The van der Waals surface area contributed by atoms with Crippen molar-refractivity contribution in [2.75, 3.05) is 6.54 Å². The van der Waals surface area contributed by atoms with Crippen LogP contribution >= 0.6 is 12.2 Å². The highest BCUT2D eigenvalue weighted by Crippen LogP contribution is 2.33. The van der Waals surface area contributed by atoms with Gasteiger partial charge in [-0.05, 0) is 25.0 Å². The smallest absolute Gasteiger partial charge is 0.258 e. The number of phenols is 2. The van der Waals surface area contributed by atoms with Crippen molar-refractivity contribution < 1.29 is 15.0 Å². The zero-order valence-electron chi connectivity index (χ0n) is 10.4. The van der Waals surface area contributed by atoms with Gasteiger partial charge in [0.1, 0.15) is 0 Å². The Hall–Kier alpha value is -1.82. The van der Waals surface area contributed by atoms with Crippen LogP contribution in [0.2, 0.25) is 0 Å². The minimum atomic E-state index is -0.381. The van der Waals surface area contributed by atoms with Gasteiger partial charge in [-0.3, -0.25) is 4.79 Å². The second-order valence-corrected chi connectivity index (χ2v) is 5.14. The van der Waals surface area contributed by atoms with Gasteiger partial charge in [0.25, 0.3) is 5.91 Å². The summed E-state index contributed by atoms with van der Waals surface area (Å²) < 4.78 is 0. The maximum Gasteiger partial charge on any atom is 0.258 e. The molecule has 1 saturated carbocycles. The SMILES string of the molecule is NC(=S)CCN(C(=O)c1cccc(O)c1O)C1CC1. The lowest BCUT2D eigenvalue weighted by atomic mass is 10.1. The van der Waals surface area contributed by atoms with E-state index in [0.29, 0.717) is 18.0 Å². The first-order valence-electron chi connectivity index (χ1n) is 6.11. The van der Waals surface area contributed by atoms with E-state index in [9.17, 15) is 15.0 Å². The average Bonchev–Trinajstić information content (AvgIpc) is 3.17. The molecule has 0 atom stereocenters. The molecule has 102 valence electrons. The number of phenolic OH excluding ortho intramolecular Hbond substituents is 2. The van der Waals surface area contributed by atoms with Crippen LogP contribution in [0.1, 0.15) is 29.6 Å². The molecule has 0 unspecified atom stereocenters. The minimum Gasteiger partial charge on any atom is -0.504 e. The molecule has 5 nitrogen and oxygen atoms in total. The predicted octanol–water partition coefficient (Wildman–Crippen LogP) is 1.38. The number of carbonyl (C=O) groups excluding carboxylic acids is 1. The summed E-state index contributed by atoms with van der Waals surface area (Å²) in [7, 11) is 0. The van der Waals surface area contributed by atoms with Crippen molar-refractivity contribution in [1.82, 2.24) is 4.90 Å². The molecular weight excluding hydrogens is 264 g/mol. The van der Waals surface area contributed by atoms with Crippen molar-refractivity contribution in [2.45, 2.75) is 25.3 Å². The molecule has 1 aliphatic carbocycles. The van der Waals surface area contributed by atoms with Crippen LogP contribution in [0.3, 0.4) is 0 Å².